The van der Waals surface area contributed by atoms with Crippen molar-refractivity contribution in [3.63, 3.8) is 0 Å². The average molecular weight is 516 g/mol. The molecule has 1 aliphatic rings. The summed E-state index contributed by atoms with van der Waals surface area (Å²) in [5.74, 6) is -0.467. The molecule has 0 bridgehead atoms. The first kappa shape index (κ1) is 25.7. The van der Waals surface area contributed by atoms with Gasteiger partial charge in [0.2, 0.25) is 5.91 Å². The highest BCUT2D eigenvalue weighted by atomic mass is 32.2. The number of methoxy groups -OCH3 is 1. The molecule has 1 amide bonds. The second kappa shape index (κ2) is 12.0. The van der Waals surface area contributed by atoms with Crippen LogP contribution >= 0.6 is 11.8 Å². The average Bonchev–Trinajstić information content (AvgIpc) is 3.47. The van der Waals surface area contributed by atoms with E-state index >= 15 is 0 Å². The smallest absolute Gasteiger partial charge is 0.337 e. The van der Waals surface area contributed by atoms with Crippen LogP contribution < -0.4 is 15.4 Å². The van der Waals surface area contributed by atoms with Crippen LogP contribution in [0.15, 0.2) is 93.6 Å². The van der Waals surface area contributed by atoms with Gasteiger partial charge in [0.25, 0.3) is 0 Å². The predicted molar refractivity (Wildman–Crippen MR) is 141 cm³/mol. The number of nitriles is 1. The molecule has 1 aromatic heterocycles. The van der Waals surface area contributed by atoms with Crippen LogP contribution in [-0.2, 0) is 14.3 Å². The number of anilines is 1. The van der Waals surface area contributed by atoms with Crippen LogP contribution in [0.4, 0.5) is 5.69 Å². The molecule has 0 fully saturated rings. The van der Waals surface area contributed by atoms with Crippen LogP contribution in [-0.4, -0.2) is 31.3 Å². The summed E-state index contributed by atoms with van der Waals surface area (Å²) < 4.78 is 16.2. The fraction of sp³-hybridized carbons (Fsp3) is 0.179. The molecule has 0 spiro atoms. The molecule has 0 radical (unpaired) electrons. The third-order valence-electron chi connectivity index (χ3n) is 5.56. The normalized spacial score (nSPS) is 15.0. The molecule has 9 heteroatoms. The Morgan fingerprint density at radius 3 is 2.49 bits per heavy atom. The lowest BCUT2D eigenvalue weighted by Gasteiger charge is -2.29. The fourth-order valence-corrected chi connectivity index (χ4v) is 4.75. The number of hydrogen-bond donors (Lipinski definition) is 2. The Morgan fingerprint density at radius 2 is 1.86 bits per heavy atom. The second-order valence-electron chi connectivity index (χ2n) is 7.87. The molecule has 0 unspecified atom stereocenters. The van der Waals surface area contributed by atoms with Crippen LogP contribution in [0.2, 0.25) is 0 Å². The first-order chi connectivity index (χ1) is 18.0. The van der Waals surface area contributed by atoms with Crippen molar-refractivity contribution in [2.45, 2.75) is 12.8 Å². The summed E-state index contributed by atoms with van der Waals surface area (Å²) in [4.78, 5) is 25.9. The van der Waals surface area contributed by atoms with E-state index in [1.165, 1.54) is 18.0 Å². The lowest BCUT2D eigenvalue weighted by atomic mass is 9.84. The summed E-state index contributed by atoms with van der Waals surface area (Å²) in [6.07, 6.45) is 1.49. The Bertz CT molecular complexity index is 1360. The van der Waals surface area contributed by atoms with Crippen molar-refractivity contribution in [3.05, 3.63) is 100 Å². The SMILES string of the molecule is CCOC(=O)C1=C(c2ccccc2)NC(SCC(=O)Nc2ccc(OC)cc2)=C(C#N)[C@@H]1c1ccco1. The maximum absolute atomic E-state index is 13.2. The number of carbonyl (C=O) groups excluding carboxylic acids is 2. The van der Waals surface area contributed by atoms with E-state index < -0.39 is 11.9 Å². The molecule has 1 aliphatic heterocycles. The van der Waals surface area contributed by atoms with Gasteiger partial charge in [0.15, 0.2) is 0 Å². The molecular weight excluding hydrogens is 490 g/mol. The van der Waals surface area contributed by atoms with Crippen molar-refractivity contribution in [3.8, 4) is 11.8 Å². The third-order valence-corrected chi connectivity index (χ3v) is 6.57. The van der Waals surface area contributed by atoms with Gasteiger partial charge in [0.1, 0.15) is 11.5 Å². The lowest BCUT2D eigenvalue weighted by Crippen LogP contribution is -2.29. The zero-order valence-electron chi connectivity index (χ0n) is 20.3. The predicted octanol–water partition coefficient (Wildman–Crippen LogP) is 5.06. The van der Waals surface area contributed by atoms with Crippen molar-refractivity contribution in [1.29, 1.82) is 5.26 Å². The molecule has 4 rings (SSSR count). The highest BCUT2D eigenvalue weighted by Gasteiger charge is 2.38. The van der Waals surface area contributed by atoms with E-state index in [4.69, 9.17) is 13.9 Å². The van der Waals surface area contributed by atoms with Gasteiger partial charge in [-0.25, -0.2) is 4.79 Å². The zero-order chi connectivity index (χ0) is 26.2. The Hall–Kier alpha value is -4.42. The molecule has 2 N–H and O–H groups in total. The van der Waals surface area contributed by atoms with E-state index in [-0.39, 0.29) is 29.4 Å². The molecule has 8 nitrogen and oxygen atoms in total. The largest absolute Gasteiger partial charge is 0.497 e. The minimum atomic E-state index is -0.803. The van der Waals surface area contributed by atoms with Crippen LogP contribution in [0, 0.1) is 11.3 Å². The Labute approximate surface area is 218 Å². The molecule has 0 saturated heterocycles. The van der Waals surface area contributed by atoms with Crippen molar-refractivity contribution >= 4 is 35.0 Å². The number of furan rings is 1. The number of amides is 1. The molecule has 37 heavy (non-hydrogen) atoms. The van der Waals surface area contributed by atoms with Crippen LogP contribution in [0.1, 0.15) is 24.2 Å². The van der Waals surface area contributed by atoms with Crippen molar-refractivity contribution < 1.29 is 23.5 Å². The molecule has 3 aromatic rings. The first-order valence-corrected chi connectivity index (χ1v) is 12.5. The number of allylic oxidation sites excluding steroid dienone is 1. The van der Waals surface area contributed by atoms with Gasteiger partial charge in [-0.3, -0.25) is 4.79 Å². The minimum Gasteiger partial charge on any atom is -0.497 e. The van der Waals surface area contributed by atoms with E-state index in [0.29, 0.717) is 27.9 Å². The molecule has 2 aromatic carbocycles. The summed E-state index contributed by atoms with van der Waals surface area (Å²) in [5, 5.41) is 16.7. The Balaban J connectivity index is 1.68. The van der Waals surface area contributed by atoms with Crippen molar-refractivity contribution in [2.24, 2.45) is 0 Å². The molecule has 0 saturated carbocycles. The maximum atomic E-state index is 13.2. The van der Waals surface area contributed by atoms with E-state index in [1.807, 2.05) is 30.3 Å². The van der Waals surface area contributed by atoms with Crippen LogP contribution in [0.5, 0.6) is 5.75 Å². The first-order valence-electron chi connectivity index (χ1n) is 11.5. The number of nitrogens with zero attached hydrogens (tertiary/aromatic N) is 1. The molecule has 2 heterocycles. The monoisotopic (exact) mass is 515 g/mol. The summed E-state index contributed by atoms with van der Waals surface area (Å²) in [6.45, 7) is 1.90. The second-order valence-corrected chi connectivity index (χ2v) is 8.85. The maximum Gasteiger partial charge on any atom is 0.337 e. The third kappa shape index (κ3) is 5.88. The number of carbonyl (C=O) groups is 2. The van der Waals surface area contributed by atoms with Gasteiger partial charge in [-0.15, -0.1) is 0 Å². The summed E-state index contributed by atoms with van der Waals surface area (Å²) in [5.41, 5.74) is 2.39. The molecule has 0 aliphatic carbocycles. The van der Waals surface area contributed by atoms with Crippen LogP contribution in [0.3, 0.4) is 0 Å². The number of ether oxygens (including phenoxy) is 2. The number of esters is 1. The van der Waals surface area contributed by atoms with E-state index in [0.717, 1.165) is 5.56 Å². The minimum absolute atomic E-state index is 0.0290. The fourth-order valence-electron chi connectivity index (χ4n) is 3.91. The number of thioether (sulfide) groups is 1. The van der Waals surface area contributed by atoms with E-state index in [2.05, 4.69) is 16.7 Å². The lowest BCUT2D eigenvalue weighted by molar-refractivity contribution is -0.138. The summed E-state index contributed by atoms with van der Waals surface area (Å²) in [6, 6.07) is 21.9. The topological polar surface area (TPSA) is 114 Å². The van der Waals surface area contributed by atoms with E-state index in [9.17, 15) is 14.9 Å². The standard InChI is InChI=1S/C28H25N3O5S/c1-3-35-28(33)25-24(22-10-7-15-36-22)21(16-29)27(31-26(25)18-8-5-4-6-9-18)37-17-23(32)30-19-11-13-20(34-2)14-12-19/h4-15,24,31H,3,17H2,1-2H3,(H,30,32)/t24-/m1/s1. The number of rotatable bonds is 9. The number of benzene rings is 2. The summed E-state index contributed by atoms with van der Waals surface area (Å²) >= 11 is 1.17. The molecule has 188 valence electrons. The molecule has 1 atom stereocenters. The van der Waals surface area contributed by atoms with Gasteiger partial charge in [-0.2, -0.15) is 5.26 Å². The highest BCUT2D eigenvalue weighted by molar-refractivity contribution is 8.03. The van der Waals surface area contributed by atoms with Gasteiger partial charge in [-0.1, -0.05) is 42.1 Å². The molecular formula is C28H25N3O5S. The number of dihydropyridines is 1. The highest BCUT2D eigenvalue weighted by Crippen LogP contribution is 2.43. The van der Waals surface area contributed by atoms with Crippen molar-refractivity contribution in [2.75, 3.05) is 24.8 Å². The zero-order valence-corrected chi connectivity index (χ0v) is 21.1. The number of hydrogen-bond acceptors (Lipinski definition) is 8. The van der Waals surface area contributed by atoms with E-state index in [1.54, 1.807) is 50.4 Å². The van der Waals surface area contributed by atoms with Crippen molar-refractivity contribution in [1.82, 2.24) is 5.32 Å². The van der Waals surface area contributed by atoms with Gasteiger partial charge < -0.3 is 24.5 Å². The summed E-state index contributed by atoms with van der Waals surface area (Å²) in [7, 11) is 1.57. The Morgan fingerprint density at radius 1 is 1.11 bits per heavy atom. The van der Waals surface area contributed by atoms with Crippen LogP contribution in [0.25, 0.3) is 5.70 Å². The van der Waals surface area contributed by atoms with Gasteiger partial charge in [0, 0.05) is 5.69 Å². The quantitative estimate of drug-likeness (QED) is 0.380. The van der Waals surface area contributed by atoms with Gasteiger partial charge in [0.05, 0.1) is 59.6 Å². The Kier molecular flexibility index (Phi) is 8.33. The van der Waals surface area contributed by atoms with Gasteiger partial charge in [-0.05, 0) is 48.9 Å². The van der Waals surface area contributed by atoms with Gasteiger partial charge >= 0.3 is 5.97 Å². The number of nitrogens with one attached hydrogen (secondary N) is 2.